The summed E-state index contributed by atoms with van der Waals surface area (Å²) in [6.07, 6.45) is 1.03. The molecule has 130 valence electrons. The topological polar surface area (TPSA) is 90.9 Å². The Morgan fingerprint density at radius 2 is 2.17 bits per heavy atom. The summed E-state index contributed by atoms with van der Waals surface area (Å²) < 4.78 is 26.4. The molecule has 7 nitrogen and oxygen atoms in total. The lowest BCUT2D eigenvalue weighted by molar-refractivity contribution is -0.132. The smallest absolute Gasteiger partial charge is 0.263 e. The minimum absolute atomic E-state index is 0.135. The second kappa shape index (κ2) is 6.90. The third-order valence-corrected chi connectivity index (χ3v) is 5.60. The predicted molar refractivity (Wildman–Crippen MR) is 91.4 cm³/mol. The van der Waals surface area contributed by atoms with E-state index in [1.165, 1.54) is 0 Å². The molecular formula is C16H22N4O3S. The number of nitrogens with one attached hydrogen (secondary N) is 2. The Kier molecular flexibility index (Phi) is 4.86. The van der Waals surface area contributed by atoms with E-state index >= 15 is 0 Å². The van der Waals surface area contributed by atoms with Crippen molar-refractivity contribution in [2.75, 3.05) is 26.2 Å². The van der Waals surface area contributed by atoms with Crippen LogP contribution in [0.3, 0.4) is 0 Å². The molecule has 1 aromatic carbocycles. The molecule has 0 bridgehead atoms. The van der Waals surface area contributed by atoms with Crippen molar-refractivity contribution in [3.8, 4) is 0 Å². The van der Waals surface area contributed by atoms with Crippen LogP contribution in [-0.4, -0.2) is 57.3 Å². The summed E-state index contributed by atoms with van der Waals surface area (Å²) in [5, 5.41) is 3.31. The molecule has 2 aliphatic rings. The van der Waals surface area contributed by atoms with Gasteiger partial charge in [0.1, 0.15) is 5.84 Å². The van der Waals surface area contributed by atoms with Crippen molar-refractivity contribution >= 4 is 21.8 Å². The fraction of sp³-hybridized carbons (Fsp3) is 0.500. The van der Waals surface area contributed by atoms with Gasteiger partial charge in [-0.1, -0.05) is 12.1 Å². The van der Waals surface area contributed by atoms with Crippen molar-refractivity contribution in [1.82, 2.24) is 14.9 Å². The van der Waals surface area contributed by atoms with E-state index in [0.29, 0.717) is 36.8 Å². The van der Waals surface area contributed by atoms with Crippen LogP contribution in [0.5, 0.6) is 0 Å². The van der Waals surface area contributed by atoms with Crippen molar-refractivity contribution in [1.29, 1.82) is 0 Å². The van der Waals surface area contributed by atoms with Gasteiger partial charge in [0.2, 0.25) is 5.91 Å². The first kappa shape index (κ1) is 16.9. The van der Waals surface area contributed by atoms with Crippen LogP contribution in [0.2, 0.25) is 0 Å². The molecule has 0 radical (unpaired) electrons. The SMILES string of the molecule is CC1CN(C(=O)CCCN=C2NS(=O)(=O)c3ccccc32)CCN1. The first-order chi connectivity index (χ1) is 11.5. The summed E-state index contributed by atoms with van der Waals surface area (Å²) in [4.78, 5) is 18.7. The monoisotopic (exact) mass is 350 g/mol. The predicted octanol–water partition coefficient (Wildman–Crippen LogP) is 0.326. The number of piperazine rings is 1. The van der Waals surface area contributed by atoms with E-state index in [2.05, 4.69) is 22.0 Å². The highest BCUT2D eigenvalue weighted by Crippen LogP contribution is 2.22. The van der Waals surface area contributed by atoms with E-state index in [1.807, 2.05) is 4.90 Å². The molecule has 0 spiro atoms. The molecule has 0 aliphatic carbocycles. The number of sulfonamides is 1. The number of hydrogen-bond acceptors (Lipinski definition) is 5. The average molecular weight is 350 g/mol. The lowest BCUT2D eigenvalue weighted by Crippen LogP contribution is -2.51. The van der Waals surface area contributed by atoms with Gasteiger partial charge in [-0.05, 0) is 25.5 Å². The number of carbonyl (C=O) groups is 1. The molecular weight excluding hydrogens is 328 g/mol. The molecule has 2 aliphatic heterocycles. The van der Waals surface area contributed by atoms with Crippen molar-refractivity contribution < 1.29 is 13.2 Å². The second-order valence-electron chi connectivity index (χ2n) is 6.13. The number of aliphatic imine (C=N–C) groups is 1. The van der Waals surface area contributed by atoms with Crippen molar-refractivity contribution in [2.45, 2.75) is 30.7 Å². The molecule has 1 amide bonds. The van der Waals surface area contributed by atoms with Gasteiger partial charge in [0.25, 0.3) is 10.0 Å². The number of benzene rings is 1. The summed E-state index contributed by atoms with van der Waals surface area (Å²) in [5.74, 6) is 0.504. The summed E-state index contributed by atoms with van der Waals surface area (Å²) >= 11 is 0. The van der Waals surface area contributed by atoms with Gasteiger partial charge in [-0.15, -0.1) is 0 Å². The van der Waals surface area contributed by atoms with Gasteiger partial charge >= 0.3 is 0 Å². The standard InChI is InChI=1S/C16H22N4O3S/c1-12-11-20(10-9-17-12)15(21)7-4-8-18-16-13-5-2-3-6-14(13)24(22,23)19-16/h2-3,5-6,12,17H,4,7-11H2,1H3,(H,18,19). The summed E-state index contributed by atoms with van der Waals surface area (Å²) in [6.45, 7) is 4.79. The van der Waals surface area contributed by atoms with Crippen molar-refractivity contribution in [3.63, 3.8) is 0 Å². The van der Waals surface area contributed by atoms with Gasteiger partial charge in [0, 0.05) is 44.2 Å². The zero-order valence-corrected chi connectivity index (χ0v) is 14.5. The summed E-state index contributed by atoms with van der Waals surface area (Å²) in [5.41, 5.74) is 0.597. The lowest BCUT2D eigenvalue weighted by Gasteiger charge is -2.31. The quantitative estimate of drug-likeness (QED) is 0.766. The Morgan fingerprint density at radius 3 is 2.96 bits per heavy atom. The average Bonchev–Trinajstić information content (AvgIpc) is 2.83. The summed E-state index contributed by atoms with van der Waals surface area (Å²) in [6, 6.07) is 7.10. The Morgan fingerprint density at radius 1 is 1.38 bits per heavy atom. The van der Waals surface area contributed by atoms with E-state index < -0.39 is 10.0 Å². The van der Waals surface area contributed by atoms with E-state index in [4.69, 9.17) is 0 Å². The number of hydrogen-bond donors (Lipinski definition) is 2. The lowest BCUT2D eigenvalue weighted by atomic mass is 10.2. The fourth-order valence-corrected chi connectivity index (χ4v) is 4.24. The number of amidine groups is 1. The molecule has 0 aromatic heterocycles. The van der Waals surface area contributed by atoms with E-state index in [0.717, 1.165) is 19.6 Å². The third kappa shape index (κ3) is 3.59. The maximum Gasteiger partial charge on any atom is 0.263 e. The first-order valence-electron chi connectivity index (χ1n) is 8.15. The Hall–Kier alpha value is -1.93. The Balaban J connectivity index is 1.55. The molecule has 2 heterocycles. The van der Waals surface area contributed by atoms with Crippen molar-refractivity contribution in [3.05, 3.63) is 29.8 Å². The first-order valence-corrected chi connectivity index (χ1v) is 9.63. The van der Waals surface area contributed by atoms with Crippen LogP contribution >= 0.6 is 0 Å². The maximum absolute atomic E-state index is 12.2. The van der Waals surface area contributed by atoms with Gasteiger partial charge in [0.15, 0.2) is 0 Å². The largest absolute Gasteiger partial charge is 0.340 e. The number of nitrogens with zero attached hydrogens (tertiary/aromatic N) is 2. The van der Waals surface area contributed by atoms with Crippen LogP contribution in [0, 0.1) is 0 Å². The maximum atomic E-state index is 12.2. The second-order valence-corrected chi connectivity index (χ2v) is 7.78. The molecule has 1 saturated heterocycles. The minimum atomic E-state index is -3.49. The third-order valence-electron chi connectivity index (χ3n) is 4.20. The van der Waals surface area contributed by atoms with Crippen LogP contribution < -0.4 is 10.0 Å². The molecule has 1 aromatic rings. The highest BCUT2D eigenvalue weighted by Gasteiger charge is 2.29. The number of fused-ring (bicyclic) bond motifs is 1. The highest BCUT2D eigenvalue weighted by atomic mass is 32.2. The zero-order valence-electron chi connectivity index (χ0n) is 13.7. The molecule has 2 N–H and O–H groups in total. The van der Waals surface area contributed by atoms with E-state index in [1.54, 1.807) is 24.3 Å². The highest BCUT2D eigenvalue weighted by molar-refractivity contribution is 7.90. The van der Waals surface area contributed by atoms with Crippen molar-refractivity contribution in [2.24, 2.45) is 4.99 Å². The normalized spacial score (nSPS) is 23.8. The van der Waals surface area contributed by atoms with Crippen LogP contribution in [0.15, 0.2) is 34.2 Å². The van der Waals surface area contributed by atoms with Crippen LogP contribution in [0.25, 0.3) is 0 Å². The zero-order chi connectivity index (χ0) is 17.2. The molecule has 24 heavy (non-hydrogen) atoms. The van der Waals surface area contributed by atoms with Gasteiger partial charge in [-0.25, -0.2) is 8.42 Å². The van der Waals surface area contributed by atoms with Gasteiger partial charge < -0.3 is 10.2 Å². The van der Waals surface area contributed by atoms with Crippen LogP contribution in [-0.2, 0) is 14.8 Å². The number of amides is 1. The van der Waals surface area contributed by atoms with Crippen LogP contribution in [0.4, 0.5) is 0 Å². The Bertz CT molecular complexity index is 760. The minimum Gasteiger partial charge on any atom is -0.340 e. The van der Waals surface area contributed by atoms with Crippen LogP contribution in [0.1, 0.15) is 25.3 Å². The molecule has 0 saturated carbocycles. The molecule has 1 atom stereocenters. The van der Waals surface area contributed by atoms with E-state index in [9.17, 15) is 13.2 Å². The van der Waals surface area contributed by atoms with E-state index in [-0.39, 0.29) is 10.8 Å². The van der Waals surface area contributed by atoms with Gasteiger partial charge in [0.05, 0.1) is 4.90 Å². The fourth-order valence-electron chi connectivity index (χ4n) is 2.99. The number of carbonyl (C=O) groups excluding carboxylic acids is 1. The number of rotatable bonds is 4. The summed E-state index contributed by atoms with van der Waals surface area (Å²) in [7, 11) is -3.49. The Labute approximate surface area is 142 Å². The van der Waals surface area contributed by atoms with Gasteiger partial charge in [-0.3, -0.25) is 14.5 Å². The molecule has 3 rings (SSSR count). The molecule has 8 heteroatoms. The van der Waals surface area contributed by atoms with Gasteiger partial charge in [-0.2, -0.15) is 0 Å². The molecule has 1 fully saturated rings. The molecule has 1 unspecified atom stereocenters.